The third-order valence-electron chi connectivity index (χ3n) is 3.60. The highest BCUT2D eigenvalue weighted by molar-refractivity contribution is 5.72. The summed E-state index contributed by atoms with van der Waals surface area (Å²) in [7, 11) is 0. The topological polar surface area (TPSA) is 68.5 Å². The molecule has 1 saturated heterocycles. The molecule has 0 radical (unpaired) electrons. The molecule has 0 bridgehead atoms. The molecule has 1 aliphatic rings. The Labute approximate surface area is 125 Å². The molecule has 21 heavy (non-hydrogen) atoms. The Kier molecular flexibility index (Phi) is 4.98. The van der Waals surface area contributed by atoms with Gasteiger partial charge in [-0.25, -0.2) is 0 Å². The fourth-order valence-corrected chi connectivity index (χ4v) is 2.47. The Morgan fingerprint density at radius 2 is 2.24 bits per heavy atom. The van der Waals surface area contributed by atoms with Gasteiger partial charge in [0.05, 0.1) is 19.1 Å². The van der Waals surface area contributed by atoms with Crippen LogP contribution in [0.15, 0.2) is 4.52 Å². The average Bonchev–Trinajstić information content (AvgIpc) is 2.88. The molecular formula is C15H25N3O3. The second-order valence-electron chi connectivity index (χ2n) is 6.59. The number of esters is 1. The quantitative estimate of drug-likeness (QED) is 0.793. The van der Waals surface area contributed by atoms with E-state index in [0.29, 0.717) is 31.4 Å². The van der Waals surface area contributed by atoms with Crippen LogP contribution in [0.4, 0.5) is 0 Å². The van der Waals surface area contributed by atoms with E-state index in [-0.39, 0.29) is 17.3 Å². The number of hydrogen-bond acceptors (Lipinski definition) is 6. The van der Waals surface area contributed by atoms with Gasteiger partial charge in [-0.3, -0.25) is 9.69 Å². The van der Waals surface area contributed by atoms with E-state index in [1.54, 1.807) is 0 Å². The molecule has 0 aromatic carbocycles. The Morgan fingerprint density at radius 3 is 2.86 bits per heavy atom. The lowest BCUT2D eigenvalue weighted by Crippen LogP contribution is -2.39. The average molecular weight is 295 g/mol. The fraction of sp³-hybridized carbons (Fsp3) is 0.800. The number of carbonyl (C=O) groups excluding carboxylic acids is 1. The maximum atomic E-state index is 11.8. The van der Waals surface area contributed by atoms with Crippen molar-refractivity contribution in [2.24, 2.45) is 5.92 Å². The fourth-order valence-electron chi connectivity index (χ4n) is 2.47. The molecule has 2 heterocycles. The van der Waals surface area contributed by atoms with E-state index in [2.05, 4.69) is 15.0 Å². The molecule has 1 atom stereocenters. The molecule has 0 unspecified atom stereocenters. The smallest absolute Gasteiger partial charge is 0.310 e. The minimum absolute atomic E-state index is 0.0345. The van der Waals surface area contributed by atoms with E-state index in [1.165, 1.54) is 0 Å². The predicted molar refractivity (Wildman–Crippen MR) is 77.6 cm³/mol. The van der Waals surface area contributed by atoms with Crippen LogP contribution in [-0.2, 0) is 21.5 Å². The molecule has 1 aromatic rings. The van der Waals surface area contributed by atoms with Crippen LogP contribution in [0.25, 0.3) is 0 Å². The molecule has 0 amide bonds. The van der Waals surface area contributed by atoms with Crippen LogP contribution in [0, 0.1) is 5.92 Å². The third kappa shape index (κ3) is 4.27. The van der Waals surface area contributed by atoms with Gasteiger partial charge in [0.25, 0.3) is 0 Å². The summed E-state index contributed by atoms with van der Waals surface area (Å²) in [4.78, 5) is 18.5. The molecule has 118 valence electrons. The van der Waals surface area contributed by atoms with Crippen LogP contribution in [-0.4, -0.2) is 40.7 Å². The Hall–Kier alpha value is -1.43. The molecule has 1 fully saturated rings. The van der Waals surface area contributed by atoms with Crippen LogP contribution < -0.4 is 0 Å². The number of hydrogen-bond donors (Lipinski definition) is 0. The number of nitrogens with zero attached hydrogens (tertiary/aromatic N) is 3. The standard InChI is InChI=1S/C15H25N3O3/c1-5-20-13(19)11-7-6-8-18(9-11)10-12-16-14(21-17-12)15(2,3)4/h11H,5-10H2,1-4H3/t11-/m0/s1. The van der Waals surface area contributed by atoms with Crippen LogP contribution in [0.1, 0.15) is 52.3 Å². The minimum Gasteiger partial charge on any atom is -0.466 e. The zero-order valence-corrected chi connectivity index (χ0v) is 13.4. The van der Waals surface area contributed by atoms with Crippen molar-refractivity contribution in [3.63, 3.8) is 0 Å². The summed E-state index contributed by atoms with van der Waals surface area (Å²) in [5.74, 6) is 1.21. The van der Waals surface area contributed by atoms with Crippen molar-refractivity contribution in [3.8, 4) is 0 Å². The minimum atomic E-state index is -0.138. The van der Waals surface area contributed by atoms with E-state index < -0.39 is 0 Å². The van der Waals surface area contributed by atoms with E-state index in [1.807, 2.05) is 27.7 Å². The van der Waals surface area contributed by atoms with Gasteiger partial charge in [0, 0.05) is 12.0 Å². The summed E-state index contributed by atoms with van der Waals surface area (Å²) in [6.45, 7) is 10.7. The molecule has 1 aliphatic heterocycles. The summed E-state index contributed by atoms with van der Waals surface area (Å²) < 4.78 is 10.4. The number of carbonyl (C=O) groups is 1. The zero-order chi connectivity index (χ0) is 15.5. The first-order valence-electron chi connectivity index (χ1n) is 7.62. The van der Waals surface area contributed by atoms with Gasteiger partial charge in [-0.05, 0) is 26.3 Å². The van der Waals surface area contributed by atoms with Crippen LogP contribution in [0.5, 0.6) is 0 Å². The van der Waals surface area contributed by atoms with Crippen LogP contribution in [0.2, 0.25) is 0 Å². The first-order valence-corrected chi connectivity index (χ1v) is 7.62. The van der Waals surface area contributed by atoms with Gasteiger partial charge < -0.3 is 9.26 Å². The second-order valence-corrected chi connectivity index (χ2v) is 6.59. The van der Waals surface area contributed by atoms with Crippen molar-refractivity contribution in [1.29, 1.82) is 0 Å². The highest BCUT2D eigenvalue weighted by atomic mass is 16.5. The highest BCUT2D eigenvalue weighted by Gasteiger charge is 2.28. The van der Waals surface area contributed by atoms with Gasteiger partial charge in [-0.15, -0.1) is 0 Å². The SMILES string of the molecule is CCOC(=O)[C@H]1CCCN(Cc2noc(C(C)(C)C)n2)C1. The van der Waals surface area contributed by atoms with E-state index in [4.69, 9.17) is 9.26 Å². The summed E-state index contributed by atoms with van der Waals surface area (Å²) in [6, 6.07) is 0. The van der Waals surface area contributed by atoms with Gasteiger partial charge in [-0.1, -0.05) is 25.9 Å². The number of aromatic nitrogens is 2. The maximum absolute atomic E-state index is 11.8. The van der Waals surface area contributed by atoms with Crippen molar-refractivity contribution in [2.45, 2.75) is 52.5 Å². The molecule has 2 rings (SSSR count). The lowest BCUT2D eigenvalue weighted by atomic mass is 9.97. The van der Waals surface area contributed by atoms with Crippen molar-refractivity contribution in [2.75, 3.05) is 19.7 Å². The lowest BCUT2D eigenvalue weighted by molar-refractivity contribution is -0.150. The van der Waals surface area contributed by atoms with Gasteiger partial charge in [-0.2, -0.15) is 4.98 Å². The summed E-state index contributed by atoms with van der Waals surface area (Å²) in [5.41, 5.74) is -0.138. The Balaban J connectivity index is 1.93. The van der Waals surface area contributed by atoms with Crippen molar-refractivity contribution in [3.05, 3.63) is 11.7 Å². The normalized spacial score (nSPS) is 20.5. The molecule has 0 spiro atoms. The largest absolute Gasteiger partial charge is 0.466 e. The predicted octanol–water partition coefficient (Wildman–Crippen LogP) is 2.14. The zero-order valence-electron chi connectivity index (χ0n) is 13.4. The van der Waals surface area contributed by atoms with Crippen molar-refractivity contribution < 1.29 is 14.1 Å². The number of likely N-dealkylation sites (tertiary alicyclic amines) is 1. The van der Waals surface area contributed by atoms with Gasteiger partial charge in [0.2, 0.25) is 5.89 Å². The monoisotopic (exact) mass is 295 g/mol. The summed E-state index contributed by atoms with van der Waals surface area (Å²) in [5, 5.41) is 4.04. The molecule has 0 saturated carbocycles. The highest BCUT2D eigenvalue weighted by Crippen LogP contribution is 2.22. The second kappa shape index (κ2) is 6.56. The van der Waals surface area contributed by atoms with E-state index in [9.17, 15) is 4.79 Å². The Morgan fingerprint density at radius 1 is 1.48 bits per heavy atom. The molecule has 6 nitrogen and oxygen atoms in total. The first kappa shape index (κ1) is 15.9. The van der Waals surface area contributed by atoms with Gasteiger partial charge >= 0.3 is 5.97 Å². The number of ether oxygens (including phenoxy) is 1. The number of piperidine rings is 1. The van der Waals surface area contributed by atoms with Crippen molar-refractivity contribution >= 4 is 5.97 Å². The van der Waals surface area contributed by atoms with E-state index in [0.717, 1.165) is 19.4 Å². The molecule has 1 aromatic heterocycles. The molecule has 6 heteroatoms. The first-order chi connectivity index (χ1) is 9.90. The van der Waals surface area contributed by atoms with Crippen LogP contribution >= 0.6 is 0 Å². The third-order valence-corrected chi connectivity index (χ3v) is 3.60. The molecule has 0 N–H and O–H groups in total. The van der Waals surface area contributed by atoms with Gasteiger partial charge in [0.15, 0.2) is 5.82 Å². The lowest BCUT2D eigenvalue weighted by Gasteiger charge is -2.30. The number of rotatable bonds is 4. The van der Waals surface area contributed by atoms with Crippen molar-refractivity contribution in [1.82, 2.24) is 15.0 Å². The maximum Gasteiger partial charge on any atom is 0.310 e. The van der Waals surface area contributed by atoms with Gasteiger partial charge in [0.1, 0.15) is 0 Å². The van der Waals surface area contributed by atoms with Crippen LogP contribution in [0.3, 0.4) is 0 Å². The molecular weight excluding hydrogens is 270 g/mol. The Bertz CT molecular complexity index is 479. The summed E-state index contributed by atoms with van der Waals surface area (Å²) >= 11 is 0. The van der Waals surface area contributed by atoms with E-state index >= 15 is 0 Å². The molecule has 0 aliphatic carbocycles. The summed E-state index contributed by atoms with van der Waals surface area (Å²) in [6.07, 6.45) is 1.89.